The molecular weight excluding hydrogens is 604 g/mol. The van der Waals surface area contributed by atoms with Gasteiger partial charge in [0, 0.05) is 21.8 Å². The highest BCUT2D eigenvalue weighted by atomic mass is 32.2. The van der Waals surface area contributed by atoms with Gasteiger partial charge in [0.2, 0.25) is 0 Å². The van der Waals surface area contributed by atoms with Gasteiger partial charge in [-0.2, -0.15) is 13.2 Å². The number of aliphatic hydroxyl groups is 1. The van der Waals surface area contributed by atoms with E-state index < -0.39 is 53.1 Å². The highest BCUT2D eigenvalue weighted by Gasteiger charge is 2.31. The van der Waals surface area contributed by atoms with E-state index in [0.717, 1.165) is 35.6 Å². The predicted molar refractivity (Wildman–Crippen MR) is 146 cm³/mol. The van der Waals surface area contributed by atoms with Crippen LogP contribution in [0.1, 0.15) is 32.5 Å². The summed E-state index contributed by atoms with van der Waals surface area (Å²) in [5.74, 6) is -5.22. The molecule has 4 rings (SSSR count). The van der Waals surface area contributed by atoms with Crippen molar-refractivity contribution in [1.82, 2.24) is 4.98 Å². The minimum Gasteiger partial charge on any atom is -0.482 e. The Hall–Kier alpha value is -3.55. The maximum absolute atomic E-state index is 13.9. The second-order valence-corrected chi connectivity index (χ2v) is 11.6. The first-order valence-electron chi connectivity index (χ1n) is 12.3. The van der Waals surface area contributed by atoms with E-state index in [-0.39, 0.29) is 12.0 Å². The smallest absolute Gasteiger partial charge is 0.416 e. The number of aromatic nitrogens is 1. The van der Waals surface area contributed by atoms with E-state index in [2.05, 4.69) is 4.98 Å². The summed E-state index contributed by atoms with van der Waals surface area (Å²) in [4.78, 5) is 16.6. The Bertz CT molecular complexity index is 1570. The van der Waals surface area contributed by atoms with E-state index in [4.69, 9.17) is 9.84 Å². The number of carbonyl (C=O) groups is 1. The number of halogens is 6. The Morgan fingerprint density at radius 1 is 1.02 bits per heavy atom. The molecule has 1 heterocycles. The highest BCUT2D eigenvalue weighted by molar-refractivity contribution is 7.99. The lowest BCUT2D eigenvalue weighted by atomic mass is 10.0. The molecule has 0 fully saturated rings. The molecule has 2 unspecified atom stereocenters. The zero-order valence-corrected chi connectivity index (χ0v) is 23.6. The number of thiazole rings is 1. The molecular formula is C29H23F6NO4S2. The molecule has 3 aromatic carbocycles. The normalized spacial score (nSPS) is 13.2. The number of ether oxygens (including phenoxy) is 1. The number of carboxylic acid groups (broad SMARTS) is 1. The van der Waals surface area contributed by atoms with Gasteiger partial charge < -0.3 is 14.9 Å². The van der Waals surface area contributed by atoms with Crippen molar-refractivity contribution in [1.29, 1.82) is 0 Å². The van der Waals surface area contributed by atoms with Crippen molar-refractivity contribution in [3.05, 3.63) is 99.3 Å². The molecule has 2 atom stereocenters. The quantitative estimate of drug-likeness (QED) is 0.106. The van der Waals surface area contributed by atoms with Crippen LogP contribution in [-0.4, -0.2) is 33.9 Å². The fourth-order valence-electron chi connectivity index (χ4n) is 4.12. The first kappa shape index (κ1) is 31.4. The molecule has 5 nitrogen and oxygen atoms in total. The largest absolute Gasteiger partial charge is 0.482 e. The van der Waals surface area contributed by atoms with Crippen LogP contribution in [0.3, 0.4) is 0 Å². The average Bonchev–Trinajstić information content (AvgIpc) is 3.30. The molecule has 13 heteroatoms. The van der Waals surface area contributed by atoms with Gasteiger partial charge in [-0.25, -0.2) is 22.9 Å². The Labute approximate surface area is 244 Å². The fraction of sp³-hybridized carbons (Fsp3) is 0.241. The van der Waals surface area contributed by atoms with E-state index in [1.54, 1.807) is 32.0 Å². The van der Waals surface area contributed by atoms with Crippen LogP contribution < -0.4 is 4.74 Å². The lowest BCUT2D eigenvalue weighted by Crippen LogP contribution is -2.19. The molecule has 0 aliphatic heterocycles. The number of hydrogen-bond donors (Lipinski definition) is 2. The molecule has 0 spiro atoms. The summed E-state index contributed by atoms with van der Waals surface area (Å²) < 4.78 is 85.6. The van der Waals surface area contributed by atoms with Crippen LogP contribution in [0.15, 0.2) is 59.5 Å². The third kappa shape index (κ3) is 7.44. The number of thioether (sulfide) groups is 1. The van der Waals surface area contributed by atoms with Crippen molar-refractivity contribution < 1.29 is 46.1 Å². The van der Waals surface area contributed by atoms with Gasteiger partial charge in [-0.15, -0.1) is 23.1 Å². The summed E-state index contributed by atoms with van der Waals surface area (Å²) >= 11 is 2.34. The third-order valence-electron chi connectivity index (χ3n) is 6.15. The van der Waals surface area contributed by atoms with Crippen molar-refractivity contribution in [2.24, 2.45) is 0 Å². The number of nitrogens with zero attached hydrogens (tertiary/aromatic N) is 1. The zero-order valence-electron chi connectivity index (χ0n) is 22.0. The SMILES string of the molecule is Cc1cc(SC(c2sc(-c3ccc(C(F)(F)F)cc3)nc2C)C(O)Cc2cc(F)c(F)c(F)c2)ccc1OCC(=O)O. The summed E-state index contributed by atoms with van der Waals surface area (Å²) in [5, 5.41) is 19.8. The summed E-state index contributed by atoms with van der Waals surface area (Å²) in [5.41, 5.74) is 0.737. The van der Waals surface area contributed by atoms with Crippen molar-refractivity contribution in [3.63, 3.8) is 0 Å². The molecule has 0 aliphatic carbocycles. The van der Waals surface area contributed by atoms with Crippen LogP contribution in [0, 0.1) is 31.3 Å². The van der Waals surface area contributed by atoms with Crippen molar-refractivity contribution >= 4 is 29.1 Å². The number of aryl methyl sites for hydroxylation is 2. The molecule has 1 aromatic heterocycles. The number of hydrogen-bond acceptors (Lipinski definition) is 6. The second kappa shape index (κ2) is 12.8. The van der Waals surface area contributed by atoms with Crippen molar-refractivity contribution in [3.8, 4) is 16.3 Å². The lowest BCUT2D eigenvalue weighted by Gasteiger charge is -2.23. The lowest BCUT2D eigenvalue weighted by molar-refractivity contribution is -0.139. The van der Waals surface area contributed by atoms with Gasteiger partial charge in [0.25, 0.3) is 0 Å². The van der Waals surface area contributed by atoms with E-state index in [9.17, 15) is 36.2 Å². The van der Waals surface area contributed by atoms with Crippen LogP contribution in [0.25, 0.3) is 10.6 Å². The standard InChI is InChI=1S/C29H23F6NO4S2/c1-14-9-19(7-8-23(14)40-13-24(38)39)41-27(22(37)12-16-10-20(30)25(32)21(31)11-16)26-15(2)36-28(42-26)17-3-5-18(6-4-17)29(33,34)35/h3-11,22,27,37H,12-13H2,1-2H3,(H,38,39). The topological polar surface area (TPSA) is 79.7 Å². The monoisotopic (exact) mass is 627 g/mol. The summed E-state index contributed by atoms with van der Waals surface area (Å²) in [6.45, 7) is 2.84. The van der Waals surface area contributed by atoms with Crippen molar-refractivity contribution in [2.45, 2.75) is 42.7 Å². The summed E-state index contributed by atoms with van der Waals surface area (Å²) in [6.07, 6.45) is -6.01. The van der Waals surface area contributed by atoms with Crippen LogP contribution in [0.5, 0.6) is 5.75 Å². The minimum atomic E-state index is -4.50. The van der Waals surface area contributed by atoms with Gasteiger partial charge in [-0.1, -0.05) is 12.1 Å². The average molecular weight is 628 g/mol. The number of aliphatic hydroxyl groups excluding tert-OH is 1. The predicted octanol–water partition coefficient (Wildman–Crippen LogP) is 7.76. The molecule has 0 radical (unpaired) electrons. The Morgan fingerprint density at radius 2 is 1.67 bits per heavy atom. The van der Waals surface area contributed by atoms with Crippen LogP contribution in [-0.2, 0) is 17.4 Å². The van der Waals surface area contributed by atoms with E-state index >= 15 is 0 Å². The number of alkyl halides is 3. The van der Waals surface area contributed by atoms with Crippen molar-refractivity contribution in [2.75, 3.05) is 6.61 Å². The Morgan fingerprint density at radius 3 is 2.24 bits per heavy atom. The first-order chi connectivity index (χ1) is 19.7. The molecule has 0 bridgehead atoms. The number of aliphatic carboxylic acids is 1. The van der Waals surface area contributed by atoms with Crippen LogP contribution >= 0.6 is 23.1 Å². The van der Waals surface area contributed by atoms with Gasteiger partial charge in [-0.3, -0.25) is 0 Å². The van der Waals surface area contributed by atoms with Gasteiger partial charge in [0.05, 0.1) is 22.6 Å². The fourth-order valence-corrected chi connectivity index (χ4v) is 6.74. The molecule has 222 valence electrons. The van der Waals surface area contributed by atoms with E-state index in [0.29, 0.717) is 37.4 Å². The number of carboxylic acids is 1. The third-order valence-corrected chi connectivity index (χ3v) is 8.92. The molecule has 4 aromatic rings. The molecule has 42 heavy (non-hydrogen) atoms. The Balaban J connectivity index is 1.69. The van der Waals surface area contributed by atoms with Gasteiger partial charge >= 0.3 is 12.1 Å². The molecule has 0 aliphatic rings. The number of rotatable bonds is 10. The van der Waals surface area contributed by atoms with Gasteiger partial charge in [0.1, 0.15) is 10.8 Å². The maximum Gasteiger partial charge on any atom is 0.416 e. The highest BCUT2D eigenvalue weighted by Crippen LogP contribution is 2.45. The number of benzene rings is 3. The molecule has 0 saturated carbocycles. The van der Waals surface area contributed by atoms with Gasteiger partial charge in [-0.05, 0) is 67.4 Å². The molecule has 2 N–H and O–H groups in total. The van der Waals surface area contributed by atoms with Gasteiger partial charge in [0.15, 0.2) is 24.1 Å². The van der Waals surface area contributed by atoms with Crippen LogP contribution in [0.4, 0.5) is 26.3 Å². The zero-order chi connectivity index (χ0) is 30.8. The second-order valence-electron chi connectivity index (χ2n) is 9.34. The Kier molecular flexibility index (Phi) is 9.53. The van der Waals surface area contributed by atoms with E-state index in [1.807, 2.05) is 0 Å². The minimum absolute atomic E-state index is 0.0169. The van der Waals surface area contributed by atoms with E-state index in [1.165, 1.54) is 23.9 Å². The first-order valence-corrected chi connectivity index (χ1v) is 14.0. The van der Waals surface area contributed by atoms with Crippen LogP contribution in [0.2, 0.25) is 0 Å². The summed E-state index contributed by atoms with van der Waals surface area (Å²) in [7, 11) is 0. The molecule has 0 amide bonds. The maximum atomic E-state index is 13.9. The molecule has 0 saturated heterocycles. The summed E-state index contributed by atoms with van der Waals surface area (Å²) in [6, 6.07) is 11.0.